The summed E-state index contributed by atoms with van der Waals surface area (Å²) in [4.78, 5) is 35.3. The number of hydrogen-bond donors (Lipinski definition) is 2. The van der Waals surface area contributed by atoms with E-state index < -0.39 is 6.09 Å². The van der Waals surface area contributed by atoms with Crippen molar-refractivity contribution in [1.29, 1.82) is 0 Å². The smallest absolute Gasteiger partial charge is 0.407 e. The summed E-state index contributed by atoms with van der Waals surface area (Å²) in [7, 11) is 0. The maximum atomic E-state index is 12.2. The van der Waals surface area contributed by atoms with Crippen molar-refractivity contribution in [2.75, 3.05) is 24.5 Å². The Hall–Kier alpha value is -3.16. The Morgan fingerprint density at radius 1 is 1.06 bits per heavy atom. The average Bonchev–Trinajstić information content (AvgIpc) is 2.82. The fourth-order valence-corrected chi connectivity index (χ4v) is 4.22. The number of aromatic nitrogens is 2. The third kappa shape index (κ3) is 5.71. The molecule has 0 radical (unpaired) electrons. The minimum Gasteiger partial charge on any atom is -0.445 e. The molecule has 0 saturated carbocycles. The van der Waals surface area contributed by atoms with Crippen LogP contribution in [0.25, 0.3) is 0 Å². The molecule has 0 spiro atoms. The molecule has 4 rings (SSSR count). The van der Waals surface area contributed by atoms with Gasteiger partial charge in [-0.05, 0) is 44.1 Å². The van der Waals surface area contributed by atoms with Crippen LogP contribution in [-0.2, 0) is 29.0 Å². The number of anilines is 1. The third-order valence-corrected chi connectivity index (χ3v) is 5.87. The lowest BCUT2D eigenvalue weighted by atomic mass is 9.95. The van der Waals surface area contributed by atoms with Crippen molar-refractivity contribution in [3.63, 3.8) is 0 Å². The molecule has 1 saturated heterocycles. The van der Waals surface area contributed by atoms with Crippen LogP contribution < -0.4 is 15.5 Å². The lowest BCUT2D eigenvalue weighted by Gasteiger charge is -2.35. The number of nitrogens with one attached hydrogen (secondary N) is 2. The first-order valence-corrected chi connectivity index (χ1v) is 11.0. The average molecular weight is 424 g/mol. The highest BCUT2D eigenvalue weighted by molar-refractivity contribution is 5.82. The van der Waals surface area contributed by atoms with Crippen LogP contribution >= 0.6 is 0 Å². The molecule has 2 heterocycles. The molecule has 1 fully saturated rings. The van der Waals surface area contributed by atoms with E-state index in [-0.39, 0.29) is 25.1 Å². The van der Waals surface area contributed by atoms with E-state index in [4.69, 9.17) is 4.74 Å². The highest BCUT2D eigenvalue weighted by Gasteiger charge is 2.25. The van der Waals surface area contributed by atoms with E-state index in [9.17, 15) is 9.59 Å². The molecular weight excluding hydrogens is 394 g/mol. The van der Waals surface area contributed by atoms with E-state index in [0.717, 1.165) is 50.2 Å². The normalized spacial score (nSPS) is 16.3. The van der Waals surface area contributed by atoms with E-state index in [0.29, 0.717) is 0 Å². The van der Waals surface area contributed by atoms with Gasteiger partial charge in [-0.15, -0.1) is 0 Å². The Labute approximate surface area is 182 Å². The standard InChI is InChI=1S/C23H29N5O3/c29-21(14-24-23(30)31-15-17-6-2-1-3-7-17)27-18-10-12-28(13-11-18)22-19-8-4-5-9-20(19)25-16-26-22/h1-3,6-7,16,18H,4-5,8-15H2,(H,24,30)(H,27,29). The predicted molar refractivity (Wildman–Crippen MR) is 117 cm³/mol. The van der Waals surface area contributed by atoms with Gasteiger partial charge in [0.1, 0.15) is 25.3 Å². The Bertz CT molecular complexity index is 897. The third-order valence-electron chi connectivity index (χ3n) is 5.87. The van der Waals surface area contributed by atoms with Gasteiger partial charge in [-0.25, -0.2) is 14.8 Å². The number of amides is 2. The first-order chi connectivity index (χ1) is 15.2. The minimum atomic E-state index is -0.595. The summed E-state index contributed by atoms with van der Waals surface area (Å²) in [6.07, 6.45) is 7.27. The van der Waals surface area contributed by atoms with Crippen molar-refractivity contribution in [2.45, 2.75) is 51.2 Å². The molecule has 0 atom stereocenters. The summed E-state index contributed by atoms with van der Waals surface area (Å²) in [5.74, 6) is 0.867. The zero-order chi connectivity index (χ0) is 21.5. The molecule has 1 aromatic carbocycles. The molecule has 31 heavy (non-hydrogen) atoms. The number of piperidine rings is 1. The van der Waals surface area contributed by atoms with E-state index in [2.05, 4.69) is 25.5 Å². The molecule has 2 aromatic rings. The molecule has 164 valence electrons. The van der Waals surface area contributed by atoms with Crippen molar-refractivity contribution in [3.05, 3.63) is 53.5 Å². The number of benzene rings is 1. The van der Waals surface area contributed by atoms with Gasteiger partial charge in [-0.3, -0.25) is 4.79 Å². The second kappa shape index (κ2) is 10.2. The zero-order valence-electron chi connectivity index (χ0n) is 17.7. The quantitative estimate of drug-likeness (QED) is 0.741. The lowest BCUT2D eigenvalue weighted by molar-refractivity contribution is -0.121. The van der Waals surface area contributed by atoms with Gasteiger partial charge in [0.2, 0.25) is 5.91 Å². The maximum absolute atomic E-state index is 12.2. The van der Waals surface area contributed by atoms with E-state index in [1.807, 2.05) is 30.3 Å². The molecule has 1 aliphatic heterocycles. The Morgan fingerprint density at radius 3 is 2.65 bits per heavy atom. The Kier molecular flexibility index (Phi) is 6.96. The van der Waals surface area contributed by atoms with Crippen LogP contribution in [0.1, 0.15) is 42.5 Å². The number of rotatable bonds is 6. The molecule has 8 heteroatoms. The molecular formula is C23H29N5O3. The van der Waals surface area contributed by atoms with Gasteiger partial charge >= 0.3 is 6.09 Å². The van der Waals surface area contributed by atoms with Crippen LogP contribution in [0, 0.1) is 0 Å². The molecule has 0 bridgehead atoms. The fourth-order valence-electron chi connectivity index (χ4n) is 4.22. The number of alkyl carbamates (subject to hydrolysis) is 1. The SMILES string of the molecule is O=C(CNC(=O)OCc1ccccc1)NC1CCN(c2ncnc3c2CCCC3)CC1. The van der Waals surface area contributed by atoms with E-state index in [1.54, 1.807) is 6.33 Å². The van der Waals surface area contributed by atoms with Crippen molar-refractivity contribution in [2.24, 2.45) is 0 Å². The number of carbonyl (C=O) groups is 2. The van der Waals surface area contributed by atoms with Crippen LogP contribution in [0.5, 0.6) is 0 Å². The monoisotopic (exact) mass is 423 g/mol. The summed E-state index contributed by atoms with van der Waals surface area (Å²) in [5.41, 5.74) is 3.39. The molecule has 2 amide bonds. The van der Waals surface area contributed by atoms with E-state index in [1.165, 1.54) is 24.1 Å². The number of fused-ring (bicyclic) bond motifs is 1. The van der Waals surface area contributed by atoms with Crippen LogP contribution in [0.3, 0.4) is 0 Å². The van der Waals surface area contributed by atoms with Gasteiger partial charge < -0.3 is 20.3 Å². The topological polar surface area (TPSA) is 96.5 Å². The van der Waals surface area contributed by atoms with Crippen LogP contribution in [-0.4, -0.2) is 47.6 Å². The first-order valence-electron chi connectivity index (χ1n) is 11.0. The second-order valence-corrected chi connectivity index (χ2v) is 8.07. The van der Waals surface area contributed by atoms with Crippen LogP contribution in [0.4, 0.5) is 10.6 Å². The number of nitrogens with zero attached hydrogens (tertiary/aromatic N) is 3. The van der Waals surface area contributed by atoms with Gasteiger partial charge in [0, 0.05) is 30.4 Å². The molecule has 2 aliphatic rings. The highest BCUT2D eigenvalue weighted by Crippen LogP contribution is 2.28. The Balaban J connectivity index is 1.18. The van der Waals surface area contributed by atoms with Gasteiger partial charge in [-0.2, -0.15) is 0 Å². The number of aryl methyl sites for hydroxylation is 1. The minimum absolute atomic E-state index is 0.0900. The van der Waals surface area contributed by atoms with Crippen LogP contribution in [0.15, 0.2) is 36.7 Å². The van der Waals surface area contributed by atoms with Crippen molar-refractivity contribution >= 4 is 17.8 Å². The summed E-state index contributed by atoms with van der Waals surface area (Å²) < 4.78 is 5.13. The molecule has 2 N–H and O–H groups in total. The van der Waals surface area contributed by atoms with Gasteiger partial charge in [0.25, 0.3) is 0 Å². The first kappa shape index (κ1) is 21.1. The molecule has 1 aromatic heterocycles. The van der Waals surface area contributed by atoms with Crippen LogP contribution in [0.2, 0.25) is 0 Å². The second-order valence-electron chi connectivity index (χ2n) is 8.07. The molecule has 8 nitrogen and oxygen atoms in total. The van der Waals surface area contributed by atoms with Gasteiger partial charge in [0.15, 0.2) is 0 Å². The fraction of sp³-hybridized carbons (Fsp3) is 0.478. The molecule has 0 unspecified atom stereocenters. The van der Waals surface area contributed by atoms with Gasteiger partial charge in [0.05, 0.1) is 0 Å². The van der Waals surface area contributed by atoms with Crippen molar-refractivity contribution in [1.82, 2.24) is 20.6 Å². The largest absolute Gasteiger partial charge is 0.445 e. The predicted octanol–water partition coefficient (Wildman–Crippen LogP) is 2.37. The van der Waals surface area contributed by atoms with Gasteiger partial charge in [-0.1, -0.05) is 30.3 Å². The number of hydrogen-bond acceptors (Lipinski definition) is 6. The summed E-state index contributed by atoms with van der Waals surface area (Å²) >= 11 is 0. The number of carbonyl (C=O) groups excluding carboxylic acids is 2. The maximum Gasteiger partial charge on any atom is 0.407 e. The summed E-state index contributed by atoms with van der Waals surface area (Å²) in [5, 5.41) is 5.52. The Morgan fingerprint density at radius 2 is 1.84 bits per heavy atom. The molecule has 1 aliphatic carbocycles. The van der Waals surface area contributed by atoms with Crippen molar-refractivity contribution < 1.29 is 14.3 Å². The summed E-state index contributed by atoms with van der Waals surface area (Å²) in [6, 6.07) is 9.53. The zero-order valence-corrected chi connectivity index (χ0v) is 17.7. The summed E-state index contributed by atoms with van der Waals surface area (Å²) in [6.45, 7) is 1.79. The highest BCUT2D eigenvalue weighted by atomic mass is 16.5. The van der Waals surface area contributed by atoms with Crippen molar-refractivity contribution in [3.8, 4) is 0 Å². The van der Waals surface area contributed by atoms with E-state index >= 15 is 0 Å². The number of ether oxygens (including phenoxy) is 1. The lowest BCUT2D eigenvalue weighted by Crippen LogP contribution is -2.48.